The SMILES string of the molecule is CC1=C(C)SC(=C2SC3=C(SCCS3)S2)S1. The molecule has 0 spiro atoms. The summed E-state index contributed by atoms with van der Waals surface area (Å²) in [6.45, 7) is 4.45. The molecule has 3 heterocycles. The third kappa shape index (κ3) is 2.38. The molecule has 3 aliphatic heterocycles. The maximum atomic E-state index is 2.22. The zero-order valence-electron chi connectivity index (χ0n) is 8.86. The number of allylic oxidation sites excluding steroid dienone is 2. The summed E-state index contributed by atoms with van der Waals surface area (Å²) in [5.41, 5.74) is 0. The van der Waals surface area contributed by atoms with Gasteiger partial charge in [-0.25, -0.2) is 0 Å². The zero-order valence-corrected chi connectivity index (χ0v) is 13.8. The molecule has 0 saturated heterocycles. The minimum atomic E-state index is 1.27. The molecular weight excluding hydrogens is 313 g/mol. The van der Waals surface area contributed by atoms with Crippen LogP contribution in [-0.4, -0.2) is 11.5 Å². The van der Waals surface area contributed by atoms with E-state index in [1.165, 1.54) is 29.8 Å². The molecule has 0 amide bonds. The summed E-state index contributed by atoms with van der Waals surface area (Å²) < 4.78 is 6.11. The van der Waals surface area contributed by atoms with Gasteiger partial charge in [-0.1, -0.05) is 47.0 Å². The van der Waals surface area contributed by atoms with Crippen molar-refractivity contribution in [3.63, 3.8) is 0 Å². The Hall–Kier alpha value is 1.32. The number of rotatable bonds is 0. The molecule has 0 N–H and O–H groups in total. The highest BCUT2D eigenvalue weighted by Crippen LogP contribution is 2.64. The molecule has 0 saturated carbocycles. The second-order valence-corrected chi connectivity index (χ2v) is 11.1. The van der Waals surface area contributed by atoms with Gasteiger partial charge in [0.25, 0.3) is 0 Å². The highest BCUT2D eigenvalue weighted by Gasteiger charge is 2.29. The van der Waals surface area contributed by atoms with Crippen LogP contribution in [0, 0.1) is 0 Å². The molecule has 16 heavy (non-hydrogen) atoms. The van der Waals surface area contributed by atoms with Crippen molar-refractivity contribution >= 4 is 70.6 Å². The first-order valence-corrected chi connectivity index (χ1v) is 10.1. The van der Waals surface area contributed by atoms with Crippen molar-refractivity contribution in [1.82, 2.24) is 0 Å². The van der Waals surface area contributed by atoms with Crippen molar-refractivity contribution in [3.8, 4) is 0 Å². The second-order valence-electron chi connectivity index (χ2n) is 3.37. The molecule has 0 nitrogen and oxygen atoms in total. The summed E-state index contributed by atoms with van der Waals surface area (Å²) in [6.07, 6.45) is 0. The van der Waals surface area contributed by atoms with E-state index >= 15 is 0 Å². The van der Waals surface area contributed by atoms with E-state index < -0.39 is 0 Å². The Morgan fingerprint density at radius 1 is 0.625 bits per heavy atom. The molecule has 0 fully saturated rings. The molecule has 3 aliphatic rings. The van der Waals surface area contributed by atoms with Gasteiger partial charge in [-0.15, -0.1) is 23.5 Å². The molecule has 0 aromatic carbocycles. The lowest BCUT2D eigenvalue weighted by molar-refractivity contribution is 1.56. The Morgan fingerprint density at radius 3 is 1.56 bits per heavy atom. The molecule has 0 bridgehead atoms. The Labute approximate surface area is 122 Å². The molecular formula is C10H10S6. The Morgan fingerprint density at radius 2 is 1.06 bits per heavy atom. The summed E-state index contributed by atoms with van der Waals surface area (Å²) in [5, 5.41) is 0. The van der Waals surface area contributed by atoms with E-state index in [-0.39, 0.29) is 0 Å². The van der Waals surface area contributed by atoms with Crippen molar-refractivity contribution in [2.75, 3.05) is 11.5 Å². The van der Waals surface area contributed by atoms with Gasteiger partial charge in [-0.2, -0.15) is 0 Å². The van der Waals surface area contributed by atoms with Crippen LogP contribution in [0.2, 0.25) is 0 Å². The summed E-state index contributed by atoms with van der Waals surface area (Å²) in [5.74, 6) is 2.55. The lowest BCUT2D eigenvalue weighted by Crippen LogP contribution is -1.88. The van der Waals surface area contributed by atoms with E-state index in [0.29, 0.717) is 0 Å². The first-order chi connectivity index (χ1) is 7.74. The topological polar surface area (TPSA) is 0 Å². The van der Waals surface area contributed by atoms with Crippen LogP contribution in [-0.2, 0) is 0 Å². The Kier molecular flexibility index (Phi) is 3.96. The van der Waals surface area contributed by atoms with Crippen LogP contribution < -0.4 is 0 Å². The van der Waals surface area contributed by atoms with Crippen LogP contribution in [0.15, 0.2) is 26.8 Å². The van der Waals surface area contributed by atoms with Gasteiger partial charge in [0.1, 0.15) is 0 Å². The molecule has 6 heteroatoms. The van der Waals surface area contributed by atoms with Gasteiger partial charge in [0.2, 0.25) is 0 Å². The van der Waals surface area contributed by atoms with E-state index in [1.807, 2.05) is 70.6 Å². The van der Waals surface area contributed by atoms with E-state index in [2.05, 4.69) is 13.8 Å². The number of hydrogen-bond acceptors (Lipinski definition) is 6. The zero-order chi connectivity index (χ0) is 11.1. The normalized spacial score (nSPS) is 25.9. The monoisotopic (exact) mass is 322 g/mol. The molecule has 0 atom stereocenters. The van der Waals surface area contributed by atoms with E-state index in [9.17, 15) is 0 Å². The first kappa shape index (κ1) is 12.4. The molecule has 0 radical (unpaired) electrons. The highest BCUT2D eigenvalue weighted by atomic mass is 32.3. The summed E-state index contributed by atoms with van der Waals surface area (Å²) >= 11 is 12.0. The van der Waals surface area contributed by atoms with Crippen molar-refractivity contribution in [2.24, 2.45) is 0 Å². The lowest BCUT2D eigenvalue weighted by atomic mass is 10.6. The fourth-order valence-electron chi connectivity index (χ4n) is 1.33. The quantitative estimate of drug-likeness (QED) is 0.538. The van der Waals surface area contributed by atoms with Gasteiger partial charge in [-0.05, 0) is 23.7 Å². The van der Waals surface area contributed by atoms with E-state index in [1.54, 1.807) is 8.47 Å². The molecule has 3 rings (SSSR count). The van der Waals surface area contributed by atoms with E-state index in [4.69, 9.17) is 0 Å². The van der Waals surface area contributed by atoms with Crippen LogP contribution in [0.3, 0.4) is 0 Å². The molecule has 86 valence electrons. The average Bonchev–Trinajstić information content (AvgIpc) is 2.83. The van der Waals surface area contributed by atoms with E-state index in [0.717, 1.165) is 0 Å². The third-order valence-electron chi connectivity index (χ3n) is 2.24. The maximum Gasteiger partial charge on any atom is 0.0717 e. The van der Waals surface area contributed by atoms with Gasteiger partial charge >= 0.3 is 0 Å². The fourth-order valence-corrected chi connectivity index (χ4v) is 10.1. The van der Waals surface area contributed by atoms with Gasteiger partial charge in [0.05, 0.1) is 16.9 Å². The predicted octanol–water partition coefficient (Wildman–Crippen LogP) is 5.93. The molecule has 0 unspecified atom stereocenters. The van der Waals surface area contributed by atoms with Crippen molar-refractivity contribution in [2.45, 2.75) is 13.8 Å². The molecule has 0 aromatic heterocycles. The van der Waals surface area contributed by atoms with Gasteiger partial charge in [0.15, 0.2) is 0 Å². The maximum absolute atomic E-state index is 2.22. The van der Waals surface area contributed by atoms with Crippen LogP contribution in [0.4, 0.5) is 0 Å². The third-order valence-corrected chi connectivity index (χ3v) is 11.2. The van der Waals surface area contributed by atoms with Gasteiger partial charge in [-0.3, -0.25) is 0 Å². The lowest BCUT2D eigenvalue weighted by Gasteiger charge is -2.08. The largest absolute Gasteiger partial charge is 0.116 e. The summed E-state index contributed by atoms with van der Waals surface area (Å²) in [7, 11) is 0. The molecule has 0 aliphatic carbocycles. The first-order valence-electron chi connectivity index (χ1n) is 4.87. The van der Waals surface area contributed by atoms with Crippen LogP contribution >= 0.6 is 70.6 Å². The Bertz CT molecular complexity index is 395. The molecule has 0 aromatic rings. The smallest absolute Gasteiger partial charge is 0.0717 e. The van der Waals surface area contributed by atoms with Gasteiger partial charge in [0, 0.05) is 11.5 Å². The fraction of sp³-hybridized carbons (Fsp3) is 0.400. The highest BCUT2D eigenvalue weighted by molar-refractivity contribution is 8.43. The minimum Gasteiger partial charge on any atom is -0.116 e. The van der Waals surface area contributed by atoms with Crippen LogP contribution in [0.5, 0.6) is 0 Å². The average molecular weight is 323 g/mol. The summed E-state index contributed by atoms with van der Waals surface area (Å²) in [6, 6.07) is 0. The van der Waals surface area contributed by atoms with Crippen LogP contribution in [0.25, 0.3) is 0 Å². The van der Waals surface area contributed by atoms with Crippen LogP contribution in [0.1, 0.15) is 13.8 Å². The number of thioether (sulfide) groups is 6. The van der Waals surface area contributed by atoms with Crippen molar-refractivity contribution in [3.05, 3.63) is 26.8 Å². The van der Waals surface area contributed by atoms with Crippen molar-refractivity contribution in [1.29, 1.82) is 0 Å². The summed E-state index contributed by atoms with van der Waals surface area (Å²) in [4.78, 5) is 2.94. The predicted molar refractivity (Wildman–Crippen MR) is 87.7 cm³/mol. The Balaban J connectivity index is 1.79. The van der Waals surface area contributed by atoms with Gasteiger partial charge < -0.3 is 0 Å². The standard InChI is InChI=1S/C10H10S6/c1-5-6(2)14-9(13-5)10-15-7-8(16-10)12-4-3-11-7/h3-4H2,1-2H3. The van der Waals surface area contributed by atoms with Crippen molar-refractivity contribution < 1.29 is 0 Å². The number of hydrogen-bond donors (Lipinski definition) is 0. The minimum absolute atomic E-state index is 1.27. The second kappa shape index (κ2) is 5.13.